The van der Waals surface area contributed by atoms with Gasteiger partial charge in [-0.05, 0) is 36.8 Å². The van der Waals surface area contributed by atoms with E-state index in [0.717, 1.165) is 17.7 Å². The smallest absolute Gasteiger partial charge is 0.146 e. The highest BCUT2D eigenvalue weighted by atomic mass is 19.1. The third kappa shape index (κ3) is 4.08. The Morgan fingerprint density at radius 1 is 1.14 bits per heavy atom. The number of hydrogen-bond donors (Lipinski definition) is 1. The van der Waals surface area contributed by atoms with E-state index in [4.69, 9.17) is 5.73 Å². The molecule has 0 atom stereocenters. The molecule has 0 heterocycles. The number of nitrogens with two attached hydrogens (primary N) is 1. The monoisotopic (exact) mass is 282 g/mol. The Kier molecular flexibility index (Phi) is 5.36. The Labute approximate surface area is 125 Å². The predicted octanol–water partition coefficient (Wildman–Crippen LogP) is 3.16. The van der Waals surface area contributed by atoms with Crippen molar-refractivity contribution in [2.75, 3.05) is 18.0 Å². The molecule has 0 spiro atoms. The van der Waals surface area contributed by atoms with Crippen LogP contribution < -0.4 is 10.6 Å². The van der Waals surface area contributed by atoms with Crippen LogP contribution in [0.25, 0.3) is 0 Å². The zero-order valence-electron chi connectivity index (χ0n) is 12.1. The molecule has 0 amide bonds. The molecule has 3 heteroatoms. The van der Waals surface area contributed by atoms with E-state index in [1.807, 2.05) is 42.2 Å². The van der Waals surface area contributed by atoms with E-state index < -0.39 is 0 Å². The summed E-state index contributed by atoms with van der Waals surface area (Å²) in [5.41, 5.74) is 8.04. The van der Waals surface area contributed by atoms with Crippen molar-refractivity contribution in [2.24, 2.45) is 5.73 Å². The summed E-state index contributed by atoms with van der Waals surface area (Å²) in [4.78, 5) is 2.00. The van der Waals surface area contributed by atoms with E-state index >= 15 is 0 Å². The topological polar surface area (TPSA) is 29.3 Å². The summed E-state index contributed by atoms with van der Waals surface area (Å²) >= 11 is 0. The number of hydrogen-bond acceptors (Lipinski definition) is 2. The fourth-order valence-corrected chi connectivity index (χ4v) is 2.20. The molecule has 0 aliphatic carbocycles. The maximum atomic E-state index is 13.9. The summed E-state index contributed by atoms with van der Waals surface area (Å²) in [5.74, 6) is 5.67. The first-order chi connectivity index (χ1) is 10.2. The summed E-state index contributed by atoms with van der Waals surface area (Å²) in [6, 6.07) is 14.8. The average molecular weight is 282 g/mol. The van der Waals surface area contributed by atoms with Crippen molar-refractivity contribution in [1.29, 1.82) is 0 Å². The molecule has 0 saturated heterocycles. The molecule has 2 rings (SSSR count). The van der Waals surface area contributed by atoms with Gasteiger partial charge in [-0.25, -0.2) is 4.39 Å². The molecule has 0 bridgehead atoms. The summed E-state index contributed by atoms with van der Waals surface area (Å²) in [7, 11) is 0. The SMILES string of the molecule is CCN(Cc1cccc(C#CCN)c1)c1ccccc1F. The highest BCUT2D eigenvalue weighted by molar-refractivity contribution is 5.48. The lowest BCUT2D eigenvalue weighted by atomic mass is 10.1. The third-order valence-corrected chi connectivity index (χ3v) is 3.21. The van der Waals surface area contributed by atoms with Crippen LogP contribution in [0.4, 0.5) is 10.1 Å². The van der Waals surface area contributed by atoms with E-state index in [-0.39, 0.29) is 5.82 Å². The van der Waals surface area contributed by atoms with Gasteiger partial charge in [0, 0.05) is 18.7 Å². The van der Waals surface area contributed by atoms with Gasteiger partial charge < -0.3 is 10.6 Å². The van der Waals surface area contributed by atoms with Crippen LogP contribution >= 0.6 is 0 Å². The van der Waals surface area contributed by atoms with Crippen LogP contribution in [-0.2, 0) is 6.54 Å². The summed E-state index contributed by atoms with van der Waals surface area (Å²) < 4.78 is 13.9. The van der Waals surface area contributed by atoms with Crippen LogP contribution in [0.2, 0.25) is 0 Å². The maximum Gasteiger partial charge on any atom is 0.146 e. The van der Waals surface area contributed by atoms with Crippen LogP contribution in [0.5, 0.6) is 0 Å². The van der Waals surface area contributed by atoms with E-state index in [2.05, 4.69) is 11.8 Å². The molecular formula is C18H19FN2. The van der Waals surface area contributed by atoms with Crippen LogP contribution in [-0.4, -0.2) is 13.1 Å². The number of anilines is 1. The van der Waals surface area contributed by atoms with Crippen molar-refractivity contribution in [3.8, 4) is 11.8 Å². The quantitative estimate of drug-likeness (QED) is 0.873. The molecular weight excluding hydrogens is 263 g/mol. The minimum atomic E-state index is -0.196. The zero-order chi connectivity index (χ0) is 15.1. The molecule has 21 heavy (non-hydrogen) atoms. The van der Waals surface area contributed by atoms with Gasteiger partial charge in [0.2, 0.25) is 0 Å². The number of nitrogens with zero attached hydrogens (tertiary/aromatic N) is 1. The average Bonchev–Trinajstić information content (AvgIpc) is 2.52. The summed E-state index contributed by atoms with van der Waals surface area (Å²) in [5, 5.41) is 0. The van der Waals surface area contributed by atoms with Gasteiger partial charge in [0.15, 0.2) is 0 Å². The number of para-hydroxylation sites is 1. The van der Waals surface area contributed by atoms with Crippen LogP contribution in [0.1, 0.15) is 18.1 Å². The van der Waals surface area contributed by atoms with Crippen LogP contribution in [0, 0.1) is 17.7 Å². The zero-order valence-corrected chi connectivity index (χ0v) is 12.1. The second kappa shape index (κ2) is 7.47. The van der Waals surface area contributed by atoms with Gasteiger partial charge in [0.05, 0.1) is 12.2 Å². The molecule has 0 radical (unpaired) electrons. The molecule has 2 aromatic carbocycles. The van der Waals surface area contributed by atoms with Gasteiger partial charge in [-0.15, -0.1) is 0 Å². The largest absolute Gasteiger partial charge is 0.365 e. The van der Waals surface area contributed by atoms with Crippen molar-refractivity contribution < 1.29 is 4.39 Å². The van der Waals surface area contributed by atoms with Gasteiger partial charge in [-0.3, -0.25) is 0 Å². The lowest BCUT2D eigenvalue weighted by Crippen LogP contribution is -2.23. The molecule has 2 aromatic rings. The first kappa shape index (κ1) is 15.1. The molecule has 108 valence electrons. The second-order valence-corrected chi connectivity index (χ2v) is 4.67. The fraction of sp³-hybridized carbons (Fsp3) is 0.222. The first-order valence-electron chi connectivity index (χ1n) is 7.02. The highest BCUT2D eigenvalue weighted by Crippen LogP contribution is 2.20. The molecule has 0 aliphatic rings. The van der Waals surface area contributed by atoms with Crippen molar-refractivity contribution in [3.05, 3.63) is 65.5 Å². The standard InChI is InChI=1S/C18H19FN2/c1-2-21(18-11-4-3-10-17(18)19)14-16-8-5-7-15(13-16)9-6-12-20/h3-5,7-8,10-11,13H,2,12,14,20H2,1H3. The molecule has 0 fully saturated rings. The van der Waals surface area contributed by atoms with Gasteiger partial charge in [0.1, 0.15) is 5.82 Å². The number of rotatable bonds is 4. The molecule has 0 aliphatic heterocycles. The van der Waals surface area contributed by atoms with Crippen molar-refractivity contribution in [2.45, 2.75) is 13.5 Å². The van der Waals surface area contributed by atoms with Crippen molar-refractivity contribution in [1.82, 2.24) is 0 Å². The van der Waals surface area contributed by atoms with Gasteiger partial charge in [-0.1, -0.05) is 36.1 Å². The predicted molar refractivity (Wildman–Crippen MR) is 85.5 cm³/mol. The second-order valence-electron chi connectivity index (χ2n) is 4.67. The van der Waals surface area contributed by atoms with E-state index in [0.29, 0.717) is 18.8 Å². The lowest BCUT2D eigenvalue weighted by Gasteiger charge is -2.23. The molecule has 2 nitrogen and oxygen atoms in total. The molecule has 0 saturated carbocycles. The molecule has 2 N–H and O–H groups in total. The minimum absolute atomic E-state index is 0.196. The Hall–Kier alpha value is -2.31. The molecule has 0 aromatic heterocycles. The normalized spacial score (nSPS) is 9.86. The number of benzene rings is 2. The lowest BCUT2D eigenvalue weighted by molar-refractivity contribution is 0.618. The van der Waals surface area contributed by atoms with Crippen LogP contribution in [0.3, 0.4) is 0 Å². The van der Waals surface area contributed by atoms with E-state index in [9.17, 15) is 4.39 Å². The Morgan fingerprint density at radius 2 is 1.95 bits per heavy atom. The minimum Gasteiger partial charge on any atom is -0.365 e. The number of halogens is 1. The van der Waals surface area contributed by atoms with E-state index in [1.165, 1.54) is 6.07 Å². The van der Waals surface area contributed by atoms with Gasteiger partial charge in [-0.2, -0.15) is 0 Å². The Bertz CT molecular complexity index is 656. The summed E-state index contributed by atoms with van der Waals surface area (Å²) in [6.07, 6.45) is 0. The maximum absolute atomic E-state index is 13.9. The third-order valence-electron chi connectivity index (χ3n) is 3.21. The van der Waals surface area contributed by atoms with Crippen molar-refractivity contribution >= 4 is 5.69 Å². The van der Waals surface area contributed by atoms with Gasteiger partial charge in [0.25, 0.3) is 0 Å². The fourth-order valence-electron chi connectivity index (χ4n) is 2.20. The van der Waals surface area contributed by atoms with Crippen LogP contribution in [0.15, 0.2) is 48.5 Å². The molecule has 0 unspecified atom stereocenters. The Morgan fingerprint density at radius 3 is 2.67 bits per heavy atom. The highest BCUT2D eigenvalue weighted by Gasteiger charge is 2.09. The first-order valence-corrected chi connectivity index (χ1v) is 7.02. The Balaban J connectivity index is 2.21. The summed E-state index contributed by atoms with van der Waals surface area (Å²) in [6.45, 7) is 3.75. The van der Waals surface area contributed by atoms with E-state index in [1.54, 1.807) is 12.1 Å². The van der Waals surface area contributed by atoms with Gasteiger partial charge >= 0.3 is 0 Å². The van der Waals surface area contributed by atoms with Crippen molar-refractivity contribution in [3.63, 3.8) is 0 Å².